The predicted molar refractivity (Wildman–Crippen MR) is 120 cm³/mol. The van der Waals surface area contributed by atoms with Crippen LogP contribution in [-0.4, -0.2) is 26.9 Å². The number of fused-ring (bicyclic) bond motifs is 1. The number of rotatable bonds is 6. The number of anilines is 1. The predicted octanol–water partition coefficient (Wildman–Crippen LogP) is 6.53. The van der Waals surface area contributed by atoms with E-state index in [9.17, 15) is 49.3 Å². The van der Waals surface area contributed by atoms with Gasteiger partial charge >= 0.3 is 22.4 Å². The number of hydrogen-bond acceptors (Lipinski definition) is 3. The number of hydrogen-bond donors (Lipinski definition) is 1. The highest BCUT2D eigenvalue weighted by atomic mass is 79.9. The average molecular weight is 670 g/mol. The molecule has 36 heavy (non-hydrogen) atoms. The van der Waals surface area contributed by atoms with Crippen LogP contribution in [0.15, 0.2) is 58.0 Å². The quantitative estimate of drug-likeness (QED) is 0.140. The maximum atomic E-state index is 14.9. The van der Waals surface area contributed by atoms with Crippen molar-refractivity contribution in [3.05, 3.63) is 69.5 Å². The van der Waals surface area contributed by atoms with E-state index < -0.39 is 59.8 Å². The number of nitrogens with one attached hydrogen (secondary N) is 1. The third-order valence-corrected chi connectivity index (χ3v) is 7.13. The van der Waals surface area contributed by atoms with Crippen LogP contribution < -0.4 is 10.0 Å². The van der Waals surface area contributed by atoms with Gasteiger partial charge in [-0.15, -0.1) is 0 Å². The molecule has 0 saturated heterocycles. The Labute approximate surface area is 215 Å². The Morgan fingerprint density at radius 3 is 2.25 bits per heavy atom. The maximum Gasteiger partial charge on any atom is 0.433 e. The van der Waals surface area contributed by atoms with E-state index in [2.05, 4.69) is 15.9 Å². The zero-order valence-electron chi connectivity index (χ0n) is 17.1. The molecule has 3 aromatic rings. The van der Waals surface area contributed by atoms with Gasteiger partial charge in [0.25, 0.3) is 5.91 Å². The van der Waals surface area contributed by atoms with Crippen LogP contribution in [0.25, 0.3) is 10.9 Å². The third-order valence-electron chi connectivity index (χ3n) is 4.88. The number of halogens is 10. The van der Waals surface area contributed by atoms with Gasteiger partial charge in [0, 0.05) is 33.1 Å². The standard InChI is InChI=1S/C20H10Br2F8N2O3S/c21-12-7-11(18(25,19(22,26)27)20(28,29)30)8-14(36(35)17(23)24)15(12)31-16(33)10-4-3-9-2-1-5-32(34)13(9)6-10/h1-8,17H,(H,31,33). The second-order valence-corrected chi connectivity index (χ2v) is 10.3. The molecule has 3 rings (SSSR count). The number of nitrogens with zero attached hydrogens (tertiary/aromatic N) is 1. The number of carbonyl (C=O) groups excluding carboxylic acids is 1. The fourth-order valence-electron chi connectivity index (χ4n) is 3.15. The van der Waals surface area contributed by atoms with Crippen molar-refractivity contribution in [2.24, 2.45) is 0 Å². The second-order valence-electron chi connectivity index (χ2n) is 7.10. The van der Waals surface area contributed by atoms with Crippen molar-refractivity contribution in [3.8, 4) is 0 Å². The number of pyridine rings is 1. The zero-order chi connectivity index (χ0) is 27.2. The Morgan fingerprint density at radius 2 is 1.69 bits per heavy atom. The summed E-state index contributed by atoms with van der Waals surface area (Å²) in [7, 11) is -3.48. The van der Waals surface area contributed by atoms with Crippen molar-refractivity contribution in [3.63, 3.8) is 0 Å². The van der Waals surface area contributed by atoms with Crippen LogP contribution in [-0.2, 0) is 16.5 Å². The summed E-state index contributed by atoms with van der Waals surface area (Å²) in [5, 5.41) is 14.4. The molecule has 5 nitrogen and oxygen atoms in total. The first-order valence-electron chi connectivity index (χ1n) is 9.27. The minimum atomic E-state index is -6.24. The van der Waals surface area contributed by atoms with Gasteiger partial charge in [-0.25, -0.2) is 8.60 Å². The number of aromatic nitrogens is 1. The number of benzene rings is 2. The molecule has 0 saturated carbocycles. The van der Waals surface area contributed by atoms with E-state index in [1.807, 2.05) is 5.32 Å². The highest BCUT2D eigenvalue weighted by Crippen LogP contribution is 2.56. The van der Waals surface area contributed by atoms with Crippen LogP contribution >= 0.6 is 31.9 Å². The van der Waals surface area contributed by atoms with Gasteiger partial charge in [0.2, 0.25) is 5.52 Å². The van der Waals surface area contributed by atoms with Gasteiger partial charge in [0.15, 0.2) is 6.20 Å². The van der Waals surface area contributed by atoms with Crippen LogP contribution in [0.4, 0.5) is 40.8 Å². The van der Waals surface area contributed by atoms with Gasteiger partial charge in [0.1, 0.15) is 10.8 Å². The number of amides is 1. The maximum absolute atomic E-state index is 14.9. The van der Waals surface area contributed by atoms with Crippen LogP contribution in [0, 0.1) is 5.21 Å². The normalized spacial score (nSPS) is 15.1. The summed E-state index contributed by atoms with van der Waals surface area (Å²) in [6.45, 7) is 0. The van der Waals surface area contributed by atoms with E-state index in [-0.39, 0.29) is 23.2 Å². The molecule has 0 aliphatic heterocycles. The first kappa shape index (κ1) is 28.2. The molecule has 16 heteroatoms. The van der Waals surface area contributed by atoms with E-state index in [0.717, 1.165) is 12.3 Å². The molecule has 0 spiro atoms. The van der Waals surface area contributed by atoms with Crippen molar-refractivity contribution < 1.29 is 48.9 Å². The van der Waals surface area contributed by atoms with Crippen molar-refractivity contribution in [2.45, 2.75) is 27.3 Å². The Kier molecular flexibility index (Phi) is 7.73. The molecular formula is C20H10Br2F8N2O3S. The molecule has 0 aliphatic carbocycles. The van der Waals surface area contributed by atoms with Crippen molar-refractivity contribution in [1.29, 1.82) is 0 Å². The molecule has 1 amide bonds. The first-order chi connectivity index (χ1) is 16.5. The van der Waals surface area contributed by atoms with Crippen LogP contribution in [0.1, 0.15) is 15.9 Å². The molecule has 0 radical (unpaired) electrons. The van der Waals surface area contributed by atoms with E-state index >= 15 is 0 Å². The molecule has 2 unspecified atom stereocenters. The van der Waals surface area contributed by atoms with Gasteiger partial charge < -0.3 is 10.5 Å². The average Bonchev–Trinajstić information content (AvgIpc) is 2.77. The molecule has 2 aromatic carbocycles. The van der Waals surface area contributed by atoms with Gasteiger partial charge in [0.05, 0.1) is 10.6 Å². The molecular weight excluding hydrogens is 660 g/mol. The lowest BCUT2D eigenvalue weighted by molar-refractivity contribution is -0.577. The third kappa shape index (κ3) is 5.07. The molecule has 1 N–H and O–H groups in total. The topological polar surface area (TPSA) is 73.1 Å². The molecule has 0 aliphatic rings. The van der Waals surface area contributed by atoms with E-state index in [1.165, 1.54) is 34.1 Å². The summed E-state index contributed by atoms with van der Waals surface area (Å²) in [6.07, 6.45) is -5.11. The number of alkyl halides is 9. The van der Waals surface area contributed by atoms with Crippen molar-refractivity contribution in [1.82, 2.24) is 0 Å². The lowest BCUT2D eigenvalue weighted by atomic mass is 9.95. The molecule has 194 valence electrons. The lowest BCUT2D eigenvalue weighted by Gasteiger charge is -2.32. The van der Waals surface area contributed by atoms with E-state index in [0.29, 0.717) is 10.1 Å². The van der Waals surface area contributed by atoms with Gasteiger partial charge in [-0.2, -0.15) is 35.5 Å². The summed E-state index contributed by atoms with van der Waals surface area (Å²) in [6, 6.07) is 6.80. The molecule has 1 heterocycles. The minimum Gasteiger partial charge on any atom is -0.618 e. The minimum absolute atomic E-state index is 0.0305. The van der Waals surface area contributed by atoms with E-state index in [4.69, 9.17) is 0 Å². The summed E-state index contributed by atoms with van der Waals surface area (Å²) in [5.74, 6) is -4.83. The highest BCUT2D eigenvalue weighted by Gasteiger charge is 2.71. The van der Waals surface area contributed by atoms with Crippen LogP contribution in [0.3, 0.4) is 0 Å². The Bertz CT molecular complexity index is 1350. The largest absolute Gasteiger partial charge is 0.618 e. The summed E-state index contributed by atoms with van der Waals surface area (Å²) in [5.41, 5.74) is -8.25. The Balaban J connectivity index is 2.17. The smallest absolute Gasteiger partial charge is 0.433 e. The molecule has 0 fully saturated rings. The molecule has 2 atom stereocenters. The zero-order valence-corrected chi connectivity index (χ0v) is 21.0. The first-order valence-corrected chi connectivity index (χ1v) is 12.1. The molecule has 1 aromatic heterocycles. The summed E-state index contributed by atoms with van der Waals surface area (Å²) < 4.78 is 121. The Morgan fingerprint density at radius 1 is 1.06 bits per heavy atom. The van der Waals surface area contributed by atoms with Crippen LogP contribution in [0.5, 0.6) is 0 Å². The molecule has 0 bridgehead atoms. The summed E-state index contributed by atoms with van der Waals surface area (Å²) in [4.78, 5) is 6.24. The number of carbonyl (C=O) groups is 1. The summed E-state index contributed by atoms with van der Waals surface area (Å²) >= 11 is 3.99. The van der Waals surface area contributed by atoms with Gasteiger partial charge in [-0.3, -0.25) is 4.79 Å². The Hall–Kier alpha value is -2.33. The fraction of sp³-hybridized carbons (Fsp3) is 0.200. The van der Waals surface area contributed by atoms with Gasteiger partial charge in [-0.05, 0) is 62.2 Å². The fourth-order valence-corrected chi connectivity index (χ4v) is 5.09. The highest BCUT2D eigenvalue weighted by molar-refractivity contribution is 9.10. The van der Waals surface area contributed by atoms with Crippen molar-refractivity contribution in [2.75, 3.05) is 5.32 Å². The lowest BCUT2D eigenvalue weighted by Crippen LogP contribution is -2.49. The van der Waals surface area contributed by atoms with Crippen molar-refractivity contribution >= 4 is 65.2 Å². The monoisotopic (exact) mass is 668 g/mol. The van der Waals surface area contributed by atoms with E-state index in [1.54, 1.807) is 6.07 Å². The second kappa shape index (κ2) is 9.85. The van der Waals surface area contributed by atoms with Crippen LogP contribution in [0.2, 0.25) is 0 Å². The SMILES string of the molecule is O=C(Nc1c(Br)cc(C(F)(C(F)(F)F)C(F)(F)Br)cc1S(=O)C(F)F)c1ccc2ccc[n+]([O-])c2c1. The van der Waals surface area contributed by atoms with Gasteiger partial charge in [-0.1, -0.05) is 0 Å².